The van der Waals surface area contributed by atoms with Gasteiger partial charge in [-0.15, -0.1) is 0 Å². The van der Waals surface area contributed by atoms with E-state index >= 15 is 0 Å². The Hall–Kier alpha value is -3.56. The lowest BCUT2D eigenvalue weighted by atomic mass is 10.0. The lowest BCUT2D eigenvalue weighted by Gasteiger charge is -2.35. The van der Waals surface area contributed by atoms with E-state index in [-0.39, 0.29) is 35.5 Å². The van der Waals surface area contributed by atoms with Crippen molar-refractivity contribution in [2.75, 3.05) is 10.8 Å². The number of benzene rings is 4. The predicted octanol–water partition coefficient (Wildman–Crippen LogP) is 7.71. The van der Waals surface area contributed by atoms with Crippen LogP contribution in [0.5, 0.6) is 0 Å². The van der Waals surface area contributed by atoms with Crippen molar-refractivity contribution in [2.24, 2.45) is 0 Å². The molecule has 7 nitrogen and oxygen atoms in total. The van der Waals surface area contributed by atoms with Crippen LogP contribution < -0.4 is 9.62 Å². The van der Waals surface area contributed by atoms with Crippen molar-refractivity contribution >= 4 is 62.3 Å². The number of halogens is 3. The molecule has 0 aliphatic rings. The van der Waals surface area contributed by atoms with Gasteiger partial charge in [0.15, 0.2) is 0 Å². The van der Waals surface area contributed by atoms with E-state index in [0.29, 0.717) is 32.6 Å². The third-order valence-electron chi connectivity index (χ3n) is 7.71. The van der Waals surface area contributed by atoms with Crippen molar-refractivity contribution in [1.82, 2.24) is 10.2 Å². The first-order valence-electron chi connectivity index (χ1n) is 14.8. The SMILES string of the molecule is CC[C@H](C)NC(=O)[C@H](Cc1ccccc1)N(Cc1c(Cl)cccc1Cl)C(=O)CN(c1cc(Cl)ccc1C)S(=O)(=O)c1ccccc1. The molecule has 2 atom stereocenters. The van der Waals surface area contributed by atoms with Crippen LogP contribution in [0.15, 0.2) is 102 Å². The fourth-order valence-electron chi connectivity index (χ4n) is 4.93. The fourth-order valence-corrected chi connectivity index (χ4v) is 7.11. The van der Waals surface area contributed by atoms with Gasteiger partial charge in [0.2, 0.25) is 11.8 Å². The number of nitrogens with one attached hydrogen (secondary N) is 1. The monoisotopic (exact) mass is 699 g/mol. The Morgan fingerprint density at radius 1 is 0.848 bits per heavy atom. The summed E-state index contributed by atoms with van der Waals surface area (Å²) in [7, 11) is -4.26. The highest BCUT2D eigenvalue weighted by Crippen LogP contribution is 2.31. The number of hydrogen-bond donors (Lipinski definition) is 1. The summed E-state index contributed by atoms with van der Waals surface area (Å²) < 4.78 is 29.4. The third kappa shape index (κ3) is 8.62. The first-order chi connectivity index (χ1) is 21.9. The largest absolute Gasteiger partial charge is 0.352 e. The molecule has 0 radical (unpaired) electrons. The Morgan fingerprint density at radius 3 is 2.07 bits per heavy atom. The molecule has 4 rings (SSSR count). The standard InChI is InChI=1S/C35H36Cl3N3O4S/c1-4-25(3)39-35(43)33(20-26-12-7-5-8-13-26)40(22-29-30(37)16-11-17-31(29)38)34(42)23-41(32-21-27(36)19-18-24(32)2)46(44,45)28-14-9-6-10-15-28/h5-19,21,25,33H,4,20,22-23H2,1-3H3,(H,39,43)/t25-,33-/m0/s1. The second-order valence-corrected chi connectivity index (χ2v) is 14.1. The molecule has 0 heterocycles. The van der Waals surface area contributed by atoms with E-state index in [2.05, 4.69) is 5.32 Å². The van der Waals surface area contributed by atoms with Crippen LogP contribution in [0.1, 0.15) is 37.0 Å². The number of sulfonamides is 1. The molecule has 0 saturated heterocycles. The summed E-state index contributed by atoms with van der Waals surface area (Å²) >= 11 is 19.5. The van der Waals surface area contributed by atoms with Gasteiger partial charge in [0.05, 0.1) is 10.6 Å². The lowest BCUT2D eigenvalue weighted by Crippen LogP contribution is -2.54. The molecule has 0 fully saturated rings. The maximum absolute atomic E-state index is 14.6. The van der Waals surface area contributed by atoms with E-state index in [1.165, 1.54) is 23.1 Å². The molecule has 0 bridgehead atoms. The van der Waals surface area contributed by atoms with E-state index in [0.717, 1.165) is 9.87 Å². The first kappa shape index (κ1) is 35.3. The highest BCUT2D eigenvalue weighted by molar-refractivity contribution is 7.92. The summed E-state index contributed by atoms with van der Waals surface area (Å²) in [6.07, 6.45) is 0.837. The number of anilines is 1. The summed E-state index contributed by atoms with van der Waals surface area (Å²) in [5.41, 5.74) is 2.08. The third-order valence-corrected chi connectivity index (χ3v) is 10.4. The number of carbonyl (C=O) groups excluding carboxylic acids is 2. The molecular weight excluding hydrogens is 665 g/mol. The van der Waals surface area contributed by atoms with Crippen LogP contribution >= 0.6 is 34.8 Å². The highest BCUT2D eigenvalue weighted by Gasteiger charge is 2.36. The second kappa shape index (κ2) is 15.8. The maximum atomic E-state index is 14.6. The molecular formula is C35H36Cl3N3O4S. The van der Waals surface area contributed by atoms with Crippen molar-refractivity contribution in [3.05, 3.63) is 129 Å². The minimum Gasteiger partial charge on any atom is -0.352 e. The summed E-state index contributed by atoms with van der Waals surface area (Å²) in [5, 5.41) is 3.93. The number of amides is 2. The number of carbonyl (C=O) groups is 2. The molecule has 0 aliphatic heterocycles. The minimum absolute atomic E-state index is 0.00165. The van der Waals surface area contributed by atoms with Gasteiger partial charge in [-0.1, -0.05) is 102 Å². The molecule has 2 amide bonds. The number of hydrogen-bond acceptors (Lipinski definition) is 4. The Balaban J connectivity index is 1.87. The van der Waals surface area contributed by atoms with Gasteiger partial charge in [-0.3, -0.25) is 13.9 Å². The predicted molar refractivity (Wildman–Crippen MR) is 186 cm³/mol. The van der Waals surface area contributed by atoms with Gasteiger partial charge in [0.25, 0.3) is 10.0 Å². The van der Waals surface area contributed by atoms with Crippen molar-refractivity contribution in [2.45, 2.75) is 57.1 Å². The van der Waals surface area contributed by atoms with Crippen molar-refractivity contribution in [3.8, 4) is 0 Å². The zero-order valence-electron chi connectivity index (χ0n) is 25.8. The quantitative estimate of drug-likeness (QED) is 0.155. The Labute approximate surface area is 286 Å². The van der Waals surface area contributed by atoms with Gasteiger partial charge in [0, 0.05) is 39.6 Å². The average molecular weight is 701 g/mol. The van der Waals surface area contributed by atoms with Crippen LogP contribution in [-0.4, -0.2) is 43.8 Å². The molecule has 0 saturated carbocycles. The topological polar surface area (TPSA) is 86.8 Å². The Kier molecular flexibility index (Phi) is 12.1. The van der Waals surface area contributed by atoms with Gasteiger partial charge in [-0.05, 0) is 67.8 Å². The smallest absolute Gasteiger partial charge is 0.264 e. The molecule has 242 valence electrons. The number of aryl methyl sites for hydroxylation is 1. The van der Waals surface area contributed by atoms with Gasteiger partial charge >= 0.3 is 0 Å². The molecule has 0 aromatic heterocycles. The first-order valence-corrected chi connectivity index (χ1v) is 17.4. The van der Waals surface area contributed by atoms with Gasteiger partial charge in [-0.2, -0.15) is 0 Å². The maximum Gasteiger partial charge on any atom is 0.264 e. The van der Waals surface area contributed by atoms with E-state index in [1.807, 2.05) is 44.2 Å². The van der Waals surface area contributed by atoms with Crippen LogP contribution in [0.4, 0.5) is 5.69 Å². The number of rotatable bonds is 13. The molecule has 11 heteroatoms. The summed E-state index contributed by atoms with van der Waals surface area (Å²) in [6.45, 7) is 4.80. The molecule has 4 aromatic carbocycles. The minimum atomic E-state index is -4.26. The second-order valence-electron chi connectivity index (χ2n) is 11.0. The van der Waals surface area contributed by atoms with E-state index in [9.17, 15) is 18.0 Å². The fraction of sp³-hybridized carbons (Fsp3) is 0.257. The Bertz CT molecular complexity index is 1750. The molecule has 0 aliphatic carbocycles. The summed E-state index contributed by atoms with van der Waals surface area (Å²) in [6, 6.07) is 25.8. The molecule has 4 aromatic rings. The molecule has 0 unspecified atom stereocenters. The van der Waals surface area contributed by atoms with Gasteiger partial charge in [-0.25, -0.2) is 8.42 Å². The van der Waals surface area contributed by atoms with Crippen molar-refractivity contribution in [3.63, 3.8) is 0 Å². The normalized spacial score (nSPS) is 12.7. The van der Waals surface area contributed by atoms with Gasteiger partial charge in [0.1, 0.15) is 12.6 Å². The van der Waals surface area contributed by atoms with Crippen molar-refractivity contribution in [1.29, 1.82) is 0 Å². The highest BCUT2D eigenvalue weighted by atomic mass is 35.5. The van der Waals surface area contributed by atoms with Crippen LogP contribution in [0.2, 0.25) is 15.1 Å². The van der Waals surface area contributed by atoms with Crippen LogP contribution in [-0.2, 0) is 32.6 Å². The number of nitrogens with zero attached hydrogens (tertiary/aromatic N) is 2. The van der Waals surface area contributed by atoms with Gasteiger partial charge < -0.3 is 10.2 Å². The molecule has 46 heavy (non-hydrogen) atoms. The summed E-state index contributed by atoms with van der Waals surface area (Å²) in [5.74, 6) is -1.01. The van der Waals surface area contributed by atoms with Crippen LogP contribution in [0.25, 0.3) is 0 Å². The molecule has 0 spiro atoms. The van der Waals surface area contributed by atoms with Crippen molar-refractivity contribution < 1.29 is 18.0 Å². The Morgan fingerprint density at radius 2 is 1.46 bits per heavy atom. The average Bonchev–Trinajstić information content (AvgIpc) is 3.04. The zero-order chi connectivity index (χ0) is 33.4. The van der Waals surface area contributed by atoms with E-state index < -0.39 is 28.5 Å². The lowest BCUT2D eigenvalue weighted by molar-refractivity contribution is -0.140. The van der Waals surface area contributed by atoms with E-state index in [1.54, 1.807) is 55.5 Å². The summed E-state index contributed by atoms with van der Waals surface area (Å²) in [4.78, 5) is 30.0. The van der Waals surface area contributed by atoms with Crippen LogP contribution in [0, 0.1) is 6.92 Å². The molecule has 1 N–H and O–H groups in total. The van der Waals surface area contributed by atoms with Crippen LogP contribution in [0.3, 0.4) is 0 Å². The zero-order valence-corrected chi connectivity index (χ0v) is 28.9. The van der Waals surface area contributed by atoms with E-state index in [4.69, 9.17) is 34.8 Å².